The van der Waals surface area contributed by atoms with Crippen molar-refractivity contribution >= 4 is 29.9 Å². The van der Waals surface area contributed by atoms with Crippen LogP contribution in [0, 0.1) is 0 Å². The van der Waals surface area contributed by atoms with Gasteiger partial charge in [-0.25, -0.2) is 9.98 Å². The van der Waals surface area contributed by atoms with Crippen LogP contribution < -0.4 is 11.1 Å². The molecule has 0 bridgehead atoms. The quantitative estimate of drug-likeness (QED) is 0.401. The summed E-state index contributed by atoms with van der Waals surface area (Å²) >= 11 is 0. The Morgan fingerprint density at radius 1 is 1.43 bits per heavy atom. The molecule has 1 unspecified atom stereocenters. The molecule has 126 valence electrons. The first-order valence-electron chi connectivity index (χ1n) is 7.26. The highest BCUT2D eigenvalue weighted by molar-refractivity contribution is 14.0. The molecule has 6 nitrogen and oxygen atoms in total. The maximum Gasteiger partial charge on any atom is 0.189 e. The summed E-state index contributed by atoms with van der Waals surface area (Å²) < 4.78 is 7.08. The molecule has 0 aliphatic carbocycles. The molecular weight excluding hydrogens is 405 g/mol. The minimum atomic E-state index is 0. The number of nitrogens with zero attached hydrogens (tertiary/aromatic N) is 3. The first kappa shape index (κ1) is 19.4. The second kappa shape index (κ2) is 10.2. The summed E-state index contributed by atoms with van der Waals surface area (Å²) in [5.41, 5.74) is 8.21. The fourth-order valence-electron chi connectivity index (χ4n) is 2.18. The third-order valence-electron chi connectivity index (χ3n) is 3.16. The third-order valence-corrected chi connectivity index (χ3v) is 3.16. The Kier molecular flexibility index (Phi) is 8.64. The Morgan fingerprint density at radius 2 is 2.22 bits per heavy atom. The molecule has 0 fully saturated rings. The van der Waals surface area contributed by atoms with Gasteiger partial charge < -0.3 is 20.4 Å². The smallest absolute Gasteiger partial charge is 0.189 e. The molecule has 1 atom stereocenters. The van der Waals surface area contributed by atoms with Crippen LogP contribution in [0.1, 0.15) is 18.1 Å². The molecule has 0 saturated carbocycles. The largest absolute Gasteiger partial charge is 0.383 e. The van der Waals surface area contributed by atoms with Gasteiger partial charge in [0.05, 0.1) is 19.5 Å². The Bertz CT molecular complexity index is 600. The molecule has 0 radical (unpaired) electrons. The third kappa shape index (κ3) is 7.00. The average Bonchev–Trinajstić information content (AvgIpc) is 2.99. The average molecular weight is 429 g/mol. The van der Waals surface area contributed by atoms with Crippen LogP contribution in [-0.2, 0) is 17.8 Å². The van der Waals surface area contributed by atoms with E-state index >= 15 is 0 Å². The highest BCUT2D eigenvalue weighted by atomic mass is 127. The van der Waals surface area contributed by atoms with Gasteiger partial charge in [0.25, 0.3) is 0 Å². The van der Waals surface area contributed by atoms with Gasteiger partial charge in [0, 0.05) is 32.1 Å². The topological polar surface area (TPSA) is 77.5 Å². The molecule has 2 rings (SSSR count). The van der Waals surface area contributed by atoms with Crippen molar-refractivity contribution in [2.75, 3.05) is 13.7 Å². The van der Waals surface area contributed by atoms with Gasteiger partial charge in [-0.2, -0.15) is 0 Å². The van der Waals surface area contributed by atoms with E-state index in [0.29, 0.717) is 19.1 Å². The van der Waals surface area contributed by atoms with Crippen molar-refractivity contribution in [3.05, 3.63) is 54.1 Å². The molecule has 0 aliphatic heterocycles. The lowest BCUT2D eigenvalue weighted by atomic mass is 10.1. The van der Waals surface area contributed by atoms with Gasteiger partial charge in [0.15, 0.2) is 5.96 Å². The predicted molar refractivity (Wildman–Crippen MR) is 103 cm³/mol. The molecule has 1 aromatic heterocycles. The number of aromatic nitrogens is 2. The lowest BCUT2D eigenvalue weighted by Gasteiger charge is -2.13. The highest BCUT2D eigenvalue weighted by Crippen LogP contribution is 2.08. The summed E-state index contributed by atoms with van der Waals surface area (Å²) in [5.74, 6) is 0.435. The van der Waals surface area contributed by atoms with Crippen LogP contribution >= 0.6 is 24.0 Å². The zero-order valence-corrected chi connectivity index (χ0v) is 15.8. The summed E-state index contributed by atoms with van der Waals surface area (Å²) in [7, 11) is 1.66. The normalized spacial score (nSPS) is 12.5. The summed E-state index contributed by atoms with van der Waals surface area (Å²) in [4.78, 5) is 8.41. The number of imidazole rings is 1. The molecule has 1 aromatic carbocycles. The molecule has 0 saturated heterocycles. The van der Waals surface area contributed by atoms with Gasteiger partial charge in [-0.3, -0.25) is 0 Å². The maximum atomic E-state index is 5.87. The molecule has 1 heterocycles. The second-order valence-electron chi connectivity index (χ2n) is 5.26. The molecule has 23 heavy (non-hydrogen) atoms. The number of nitrogens with one attached hydrogen (secondary N) is 1. The van der Waals surface area contributed by atoms with E-state index in [9.17, 15) is 0 Å². The lowest BCUT2D eigenvalue weighted by Crippen LogP contribution is -2.40. The van der Waals surface area contributed by atoms with Crippen LogP contribution in [0.15, 0.2) is 48.0 Å². The van der Waals surface area contributed by atoms with Gasteiger partial charge >= 0.3 is 0 Å². The zero-order valence-electron chi connectivity index (χ0n) is 13.5. The van der Waals surface area contributed by atoms with Gasteiger partial charge in [0.2, 0.25) is 0 Å². The Labute approximate surface area is 154 Å². The lowest BCUT2D eigenvalue weighted by molar-refractivity contribution is 0.179. The van der Waals surface area contributed by atoms with E-state index in [-0.39, 0.29) is 30.0 Å². The standard InChI is InChI=1S/C16H23N5O.HI/c1-13(11-22-2)20-16(17)19-9-14-4-3-5-15(8-14)10-21-7-6-18-12-21;/h3-8,12-13H,9-11H2,1-2H3,(H3,17,19,20);1H. The monoisotopic (exact) mass is 429 g/mol. The summed E-state index contributed by atoms with van der Waals surface area (Å²) in [6, 6.07) is 8.45. The van der Waals surface area contributed by atoms with Crippen molar-refractivity contribution in [3.8, 4) is 0 Å². The number of hydrogen-bond acceptors (Lipinski definition) is 3. The number of aliphatic imine (C=N–C) groups is 1. The number of nitrogens with two attached hydrogens (primary N) is 1. The predicted octanol–water partition coefficient (Wildman–Crippen LogP) is 1.99. The van der Waals surface area contributed by atoms with Crippen LogP contribution in [0.5, 0.6) is 0 Å². The van der Waals surface area contributed by atoms with E-state index in [1.807, 2.05) is 36.1 Å². The van der Waals surface area contributed by atoms with E-state index in [1.54, 1.807) is 13.3 Å². The Balaban J connectivity index is 0.00000264. The molecule has 0 amide bonds. The van der Waals surface area contributed by atoms with Crippen LogP contribution in [-0.4, -0.2) is 35.3 Å². The van der Waals surface area contributed by atoms with Gasteiger partial charge in [0.1, 0.15) is 0 Å². The summed E-state index contributed by atoms with van der Waals surface area (Å²) in [6.45, 7) is 3.95. The minimum absolute atomic E-state index is 0. The van der Waals surface area contributed by atoms with Gasteiger partial charge in [-0.05, 0) is 18.1 Å². The first-order valence-corrected chi connectivity index (χ1v) is 7.26. The van der Waals surface area contributed by atoms with Crippen molar-refractivity contribution < 1.29 is 4.74 Å². The first-order chi connectivity index (χ1) is 10.7. The van der Waals surface area contributed by atoms with Crippen molar-refractivity contribution in [2.24, 2.45) is 10.7 Å². The summed E-state index contributed by atoms with van der Waals surface area (Å²) in [6.07, 6.45) is 5.54. The zero-order chi connectivity index (χ0) is 15.8. The fraction of sp³-hybridized carbons (Fsp3) is 0.375. The minimum Gasteiger partial charge on any atom is -0.383 e. The van der Waals surface area contributed by atoms with Gasteiger partial charge in [-0.1, -0.05) is 24.3 Å². The number of halogens is 1. The summed E-state index contributed by atoms with van der Waals surface area (Å²) in [5, 5.41) is 3.09. The van der Waals surface area contributed by atoms with E-state index in [1.165, 1.54) is 5.56 Å². The molecule has 2 aromatic rings. The molecule has 3 N–H and O–H groups in total. The number of hydrogen-bond donors (Lipinski definition) is 2. The number of methoxy groups -OCH3 is 1. The maximum absolute atomic E-state index is 5.87. The van der Waals surface area contributed by atoms with Crippen LogP contribution in [0.25, 0.3) is 0 Å². The molecular formula is C16H24IN5O. The molecule has 0 spiro atoms. The molecule has 0 aliphatic rings. The van der Waals surface area contributed by atoms with Gasteiger partial charge in [-0.15, -0.1) is 24.0 Å². The number of benzene rings is 1. The number of guanidine groups is 1. The fourth-order valence-corrected chi connectivity index (χ4v) is 2.18. The van der Waals surface area contributed by atoms with E-state index in [4.69, 9.17) is 10.5 Å². The van der Waals surface area contributed by atoms with Crippen LogP contribution in [0.2, 0.25) is 0 Å². The number of ether oxygens (including phenoxy) is 1. The van der Waals surface area contributed by atoms with E-state index in [0.717, 1.165) is 12.1 Å². The second-order valence-corrected chi connectivity index (χ2v) is 5.26. The van der Waals surface area contributed by atoms with Crippen LogP contribution in [0.3, 0.4) is 0 Å². The van der Waals surface area contributed by atoms with Crippen molar-refractivity contribution in [1.29, 1.82) is 0 Å². The SMILES string of the molecule is COCC(C)NC(N)=NCc1cccc(Cn2ccnc2)c1.I. The molecule has 7 heteroatoms. The highest BCUT2D eigenvalue weighted by Gasteiger charge is 2.02. The van der Waals surface area contributed by atoms with E-state index in [2.05, 4.69) is 27.4 Å². The van der Waals surface area contributed by atoms with Crippen LogP contribution in [0.4, 0.5) is 0 Å². The number of rotatable bonds is 7. The van der Waals surface area contributed by atoms with Crippen molar-refractivity contribution in [3.63, 3.8) is 0 Å². The van der Waals surface area contributed by atoms with Crippen molar-refractivity contribution in [1.82, 2.24) is 14.9 Å². The Morgan fingerprint density at radius 3 is 2.91 bits per heavy atom. The van der Waals surface area contributed by atoms with Crippen molar-refractivity contribution in [2.45, 2.75) is 26.1 Å². The Hall–Kier alpha value is -1.61. The van der Waals surface area contributed by atoms with E-state index < -0.39 is 0 Å².